The Kier molecular flexibility index (Phi) is 6.03. The van der Waals surface area contributed by atoms with Crippen LogP contribution in [0.2, 0.25) is 0 Å². The van der Waals surface area contributed by atoms with Gasteiger partial charge in [-0.25, -0.2) is 0 Å². The first-order valence-corrected chi connectivity index (χ1v) is 11.6. The number of fused-ring (bicyclic) bond motifs is 1. The van der Waals surface area contributed by atoms with Crippen LogP contribution in [0.3, 0.4) is 0 Å². The standard InChI is InChI=1S/C25H25N5OS/c1-29-11-13-30(14-12-29)17-18-4-7-21(8-5-18)27-25-28-24(31)23(32-25)16-19-6-9-22-20(15-19)3-2-10-26-22/h2-10,15-16H,11-14,17H2,1H3,(H,27,28,31). The predicted molar refractivity (Wildman–Crippen MR) is 133 cm³/mol. The van der Waals surface area contributed by atoms with Gasteiger partial charge >= 0.3 is 0 Å². The number of nitrogens with one attached hydrogen (secondary N) is 1. The van der Waals surface area contributed by atoms with E-state index in [1.165, 1.54) is 17.3 Å². The fourth-order valence-corrected chi connectivity index (χ4v) is 4.71. The maximum atomic E-state index is 12.4. The van der Waals surface area contributed by atoms with Gasteiger partial charge in [-0.1, -0.05) is 24.3 Å². The number of amidine groups is 1. The number of anilines is 1. The third kappa shape index (κ3) is 4.91. The molecule has 3 aromatic rings. The number of rotatable bonds is 4. The molecular weight excluding hydrogens is 418 g/mol. The number of likely N-dealkylation sites (N-methyl/N-ethyl adjacent to an activating group) is 1. The molecule has 5 rings (SSSR count). The van der Waals surface area contributed by atoms with Crippen molar-refractivity contribution in [3.63, 3.8) is 0 Å². The Hall–Kier alpha value is -3.00. The maximum Gasteiger partial charge on any atom is 0.286 e. The van der Waals surface area contributed by atoms with E-state index in [1.54, 1.807) is 6.20 Å². The number of aromatic nitrogens is 1. The zero-order chi connectivity index (χ0) is 21.9. The van der Waals surface area contributed by atoms with Crippen LogP contribution in [0.15, 0.2) is 70.7 Å². The van der Waals surface area contributed by atoms with Crippen molar-refractivity contribution in [3.8, 4) is 0 Å². The van der Waals surface area contributed by atoms with Crippen LogP contribution in [0.25, 0.3) is 17.0 Å². The molecule has 0 saturated carbocycles. The summed E-state index contributed by atoms with van der Waals surface area (Å²) < 4.78 is 0. The molecule has 6 nitrogen and oxygen atoms in total. The van der Waals surface area contributed by atoms with Crippen LogP contribution in [0.4, 0.5) is 5.69 Å². The number of nitrogens with zero attached hydrogens (tertiary/aromatic N) is 4. The monoisotopic (exact) mass is 443 g/mol. The second kappa shape index (κ2) is 9.24. The molecule has 1 N–H and O–H groups in total. The van der Waals surface area contributed by atoms with Gasteiger partial charge in [-0.3, -0.25) is 14.7 Å². The molecule has 32 heavy (non-hydrogen) atoms. The second-order valence-electron chi connectivity index (χ2n) is 8.19. The minimum atomic E-state index is -0.213. The van der Waals surface area contributed by atoms with Gasteiger partial charge in [0.25, 0.3) is 5.91 Å². The number of hydrogen-bond donors (Lipinski definition) is 1. The molecular formula is C25H25N5OS. The van der Waals surface area contributed by atoms with Crippen LogP contribution >= 0.6 is 11.8 Å². The molecule has 0 aliphatic carbocycles. The Morgan fingerprint density at radius 2 is 1.88 bits per heavy atom. The molecule has 1 saturated heterocycles. The number of carbonyl (C=O) groups excluding carboxylic acids is 1. The highest BCUT2D eigenvalue weighted by Crippen LogP contribution is 2.30. The maximum absolute atomic E-state index is 12.4. The van der Waals surface area contributed by atoms with Gasteiger partial charge < -0.3 is 10.2 Å². The Balaban J connectivity index is 1.21. The van der Waals surface area contributed by atoms with E-state index < -0.39 is 0 Å². The van der Waals surface area contributed by atoms with Crippen molar-refractivity contribution in [2.24, 2.45) is 4.99 Å². The Morgan fingerprint density at radius 3 is 2.69 bits per heavy atom. The lowest BCUT2D eigenvalue weighted by atomic mass is 10.1. The summed E-state index contributed by atoms with van der Waals surface area (Å²) in [5.41, 5.74) is 4.13. The first-order chi connectivity index (χ1) is 15.6. The molecule has 2 aromatic carbocycles. The summed E-state index contributed by atoms with van der Waals surface area (Å²) in [6.45, 7) is 5.42. The Morgan fingerprint density at radius 1 is 1.06 bits per heavy atom. The molecule has 0 bridgehead atoms. The number of piperazine rings is 1. The number of benzene rings is 2. The van der Waals surface area contributed by atoms with Crippen molar-refractivity contribution in [2.75, 3.05) is 38.5 Å². The highest BCUT2D eigenvalue weighted by molar-refractivity contribution is 8.18. The molecule has 1 amide bonds. The number of pyridine rings is 1. The molecule has 0 spiro atoms. The van der Waals surface area contributed by atoms with E-state index in [0.717, 1.165) is 54.9 Å². The van der Waals surface area contributed by atoms with E-state index >= 15 is 0 Å². The molecule has 1 fully saturated rings. The minimum Gasteiger partial charge on any atom is -0.334 e. The number of thioether (sulfide) groups is 1. The fraction of sp³-hybridized carbons (Fsp3) is 0.240. The number of hydrogen-bond acceptors (Lipinski definition) is 6. The molecule has 7 heteroatoms. The molecule has 162 valence electrons. The van der Waals surface area contributed by atoms with Crippen molar-refractivity contribution in [2.45, 2.75) is 6.54 Å². The molecule has 2 aliphatic heterocycles. The second-order valence-corrected chi connectivity index (χ2v) is 9.22. The number of aliphatic imine (C=N–C) groups is 1. The number of carbonyl (C=O) groups is 1. The molecule has 0 unspecified atom stereocenters. The lowest BCUT2D eigenvalue weighted by Crippen LogP contribution is -2.43. The van der Waals surface area contributed by atoms with Crippen molar-refractivity contribution < 1.29 is 4.79 Å². The topological polar surface area (TPSA) is 60.8 Å². The Bertz CT molecular complexity index is 1200. The molecule has 0 atom stereocenters. The van der Waals surface area contributed by atoms with E-state index in [0.29, 0.717) is 10.1 Å². The van der Waals surface area contributed by atoms with Crippen molar-refractivity contribution in [1.29, 1.82) is 0 Å². The van der Waals surface area contributed by atoms with Crippen LogP contribution in [0.1, 0.15) is 11.1 Å². The van der Waals surface area contributed by atoms with Gasteiger partial charge in [-0.05, 0) is 66.3 Å². The van der Waals surface area contributed by atoms with Crippen LogP contribution < -0.4 is 5.32 Å². The summed E-state index contributed by atoms with van der Waals surface area (Å²) in [4.78, 5) is 26.4. The van der Waals surface area contributed by atoms with Gasteiger partial charge in [-0.2, -0.15) is 4.99 Å². The van der Waals surface area contributed by atoms with Crippen molar-refractivity contribution >= 4 is 45.5 Å². The first-order valence-electron chi connectivity index (χ1n) is 10.8. The Labute approximate surface area is 192 Å². The van der Waals surface area contributed by atoms with Crippen LogP contribution in [-0.4, -0.2) is 59.1 Å². The molecule has 0 radical (unpaired) electrons. The lowest BCUT2D eigenvalue weighted by Gasteiger charge is -2.32. The fourth-order valence-electron chi connectivity index (χ4n) is 3.88. The average Bonchev–Trinajstić information content (AvgIpc) is 3.15. The quantitative estimate of drug-likeness (QED) is 0.614. The van der Waals surface area contributed by atoms with E-state index in [4.69, 9.17) is 0 Å². The predicted octanol–water partition coefficient (Wildman–Crippen LogP) is 4.06. The summed E-state index contributed by atoms with van der Waals surface area (Å²) in [5.74, 6) is -0.213. The highest BCUT2D eigenvalue weighted by atomic mass is 32.2. The van der Waals surface area contributed by atoms with Crippen molar-refractivity contribution in [1.82, 2.24) is 14.8 Å². The first kappa shape index (κ1) is 20.9. The summed E-state index contributed by atoms with van der Waals surface area (Å²) >= 11 is 1.37. The summed E-state index contributed by atoms with van der Waals surface area (Å²) in [6, 6.07) is 18.3. The summed E-state index contributed by atoms with van der Waals surface area (Å²) in [7, 11) is 2.17. The third-order valence-corrected chi connectivity index (χ3v) is 6.65. The van der Waals surface area contributed by atoms with Gasteiger partial charge in [0, 0.05) is 50.0 Å². The van der Waals surface area contributed by atoms with Gasteiger partial charge in [0.15, 0.2) is 5.17 Å². The highest BCUT2D eigenvalue weighted by Gasteiger charge is 2.22. The number of amides is 1. The summed E-state index contributed by atoms with van der Waals surface area (Å²) in [6.07, 6.45) is 3.66. The summed E-state index contributed by atoms with van der Waals surface area (Å²) in [5, 5.41) is 4.93. The minimum absolute atomic E-state index is 0.213. The van der Waals surface area contributed by atoms with Crippen molar-refractivity contribution in [3.05, 3.63) is 76.8 Å². The molecule has 2 aliphatic rings. The lowest BCUT2D eigenvalue weighted by molar-refractivity contribution is -0.113. The van der Waals surface area contributed by atoms with Gasteiger partial charge in [0.05, 0.1) is 10.4 Å². The van der Waals surface area contributed by atoms with Gasteiger partial charge in [0.2, 0.25) is 0 Å². The zero-order valence-corrected chi connectivity index (χ0v) is 18.8. The van der Waals surface area contributed by atoms with Gasteiger partial charge in [-0.15, -0.1) is 0 Å². The average molecular weight is 444 g/mol. The normalized spacial score (nSPS) is 19.0. The van der Waals surface area contributed by atoms with E-state index in [9.17, 15) is 4.79 Å². The smallest absolute Gasteiger partial charge is 0.286 e. The van der Waals surface area contributed by atoms with E-state index in [2.05, 4.69) is 56.4 Å². The third-order valence-electron chi connectivity index (χ3n) is 5.75. The molecule has 1 aromatic heterocycles. The van der Waals surface area contributed by atoms with Crippen LogP contribution in [-0.2, 0) is 11.3 Å². The van der Waals surface area contributed by atoms with E-state index in [-0.39, 0.29) is 5.91 Å². The van der Waals surface area contributed by atoms with E-state index in [1.807, 2.05) is 36.4 Å². The molecule has 3 heterocycles. The zero-order valence-electron chi connectivity index (χ0n) is 18.0. The van der Waals surface area contributed by atoms with Crippen LogP contribution in [0.5, 0.6) is 0 Å². The largest absolute Gasteiger partial charge is 0.334 e. The SMILES string of the molecule is CN1CCN(Cc2ccc(NC3=NC(=O)C(=Cc4ccc5ncccc5c4)S3)cc2)CC1. The van der Waals surface area contributed by atoms with Crippen LogP contribution in [0, 0.1) is 0 Å². The van der Waals surface area contributed by atoms with Gasteiger partial charge in [0.1, 0.15) is 0 Å².